The standard InChI is InChI=1S/C14H20ClNS/c1-14(2,3)17-13-7-4-10(8-12(13)15)9-16-11-5-6-11/h4,7-8,11,16H,5-6,9H2,1-3H3. The molecule has 0 atom stereocenters. The van der Waals surface area contributed by atoms with E-state index in [1.165, 1.54) is 23.3 Å². The molecule has 0 radical (unpaired) electrons. The monoisotopic (exact) mass is 269 g/mol. The molecule has 1 aliphatic carbocycles. The fourth-order valence-electron chi connectivity index (χ4n) is 1.62. The lowest BCUT2D eigenvalue weighted by atomic mass is 10.2. The summed E-state index contributed by atoms with van der Waals surface area (Å²) in [6, 6.07) is 7.15. The van der Waals surface area contributed by atoms with Crippen LogP contribution in [-0.2, 0) is 6.54 Å². The summed E-state index contributed by atoms with van der Waals surface area (Å²) < 4.78 is 0.206. The lowest BCUT2D eigenvalue weighted by molar-refractivity contribution is 0.687. The smallest absolute Gasteiger partial charge is 0.0545 e. The first-order chi connectivity index (χ1) is 7.94. The second kappa shape index (κ2) is 5.21. The number of halogens is 1. The Labute approximate surface area is 113 Å². The lowest BCUT2D eigenvalue weighted by Crippen LogP contribution is -2.15. The molecule has 0 unspecified atom stereocenters. The normalized spacial score (nSPS) is 16.2. The van der Waals surface area contributed by atoms with Crippen LogP contribution in [0, 0.1) is 0 Å². The summed E-state index contributed by atoms with van der Waals surface area (Å²) in [6.07, 6.45) is 2.65. The van der Waals surface area contributed by atoms with E-state index in [0.717, 1.165) is 17.6 Å². The molecular weight excluding hydrogens is 250 g/mol. The van der Waals surface area contributed by atoms with E-state index < -0.39 is 0 Å². The molecule has 1 aromatic carbocycles. The fourth-order valence-corrected chi connectivity index (χ4v) is 2.89. The molecule has 1 saturated carbocycles. The molecule has 0 bridgehead atoms. The maximum absolute atomic E-state index is 6.32. The highest BCUT2D eigenvalue weighted by Crippen LogP contribution is 2.36. The highest BCUT2D eigenvalue weighted by Gasteiger charge is 2.20. The van der Waals surface area contributed by atoms with E-state index in [0.29, 0.717) is 0 Å². The van der Waals surface area contributed by atoms with Gasteiger partial charge in [-0.25, -0.2) is 0 Å². The molecule has 0 spiro atoms. The molecular formula is C14H20ClNS. The predicted molar refractivity (Wildman–Crippen MR) is 76.9 cm³/mol. The van der Waals surface area contributed by atoms with Crippen LogP contribution < -0.4 is 5.32 Å². The summed E-state index contributed by atoms with van der Waals surface area (Å²) in [6.45, 7) is 7.55. The Morgan fingerprint density at radius 3 is 2.59 bits per heavy atom. The number of thioether (sulfide) groups is 1. The minimum atomic E-state index is 0.206. The summed E-state index contributed by atoms with van der Waals surface area (Å²) >= 11 is 8.14. The van der Waals surface area contributed by atoms with Crippen molar-refractivity contribution in [1.29, 1.82) is 0 Å². The summed E-state index contributed by atoms with van der Waals surface area (Å²) in [5, 5.41) is 4.38. The van der Waals surface area contributed by atoms with Crippen LogP contribution in [0.4, 0.5) is 0 Å². The van der Waals surface area contributed by atoms with Crippen LogP contribution >= 0.6 is 23.4 Å². The SMILES string of the molecule is CC(C)(C)Sc1ccc(CNC2CC2)cc1Cl. The van der Waals surface area contributed by atoms with Crippen molar-refractivity contribution in [2.24, 2.45) is 0 Å². The van der Waals surface area contributed by atoms with E-state index in [1.807, 2.05) is 11.8 Å². The second-order valence-electron chi connectivity index (χ2n) is 5.63. The van der Waals surface area contributed by atoms with Crippen LogP contribution in [0.3, 0.4) is 0 Å². The third-order valence-corrected chi connectivity index (χ3v) is 4.20. The van der Waals surface area contributed by atoms with E-state index in [2.05, 4.69) is 44.3 Å². The molecule has 1 N–H and O–H groups in total. The van der Waals surface area contributed by atoms with Crippen molar-refractivity contribution in [1.82, 2.24) is 5.32 Å². The molecule has 0 aliphatic heterocycles. The first-order valence-corrected chi connectivity index (χ1v) is 7.34. The first-order valence-electron chi connectivity index (χ1n) is 6.15. The summed E-state index contributed by atoms with van der Waals surface area (Å²) in [4.78, 5) is 1.18. The van der Waals surface area contributed by atoms with E-state index in [4.69, 9.17) is 11.6 Å². The van der Waals surface area contributed by atoms with Crippen molar-refractivity contribution >= 4 is 23.4 Å². The number of hydrogen-bond acceptors (Lipinski definition) is 2. The van der Waals surface area contributed by atoms with Gasteiger partial charge >= 0.3 is 0 Å². The largest absolute Gasteiger partial charge is 0.310 e. The number of benzene rings is 1. The van der Waals surface area contributed by atoms with Gasteiger partial charge in [-0.05, 0) is 30.5 Å². The molecule has 17 heavy (non-hydrogen) atoms. The summed E-state index contributed by atoms with van der Waals surface area (Å²) in [5.74, 6) is 0. The molecule has 1 fully saturated rings. The van der Waals surface area contributed by atoms with E-state index in [9.17, 15) is 0 Å². The number of rotatable bonds is 4. The van der Waals surface area contributed by atoms with Gasteiger partial charge in [0, 0.05) is 22.2 Å². The van der Waals surface area contributed by atoms with Gasteiger partial charge in [0.15, 0.2) is 0 Å². The van der Waals surface area contributed by atoms with Crippen molar-refractivity contribution in [3.8, 4) is 0 Å². The molecule has 94 valence electrons. The van der Waals surface area contributed by atoms with Gasteiger partial charge in [-0.15, -0.1) is 11.8 Å². The summed E-state index contributed by atoms with van der Waals surface area (Å²) in [5.41, 5.74) is 1.28. The van der Waals surface area contributed by atoms with Gasteiger partial charge in [-0.3, -0.25) is 0 Å². The van der Waals surface area contributed by atoms with Crippen LogP contribution in [0.25, 0.3) is 0 Å². The van der Waals surface area contributed by atoms with Crippen LogP contribution in [0.1, 0.15) is 39.2 Å². The molecule has 0 aromatic heterocycles. The highest BCUT2D eigenvalue weighted by atomic mass is 35.5. The zero-order valence-corrected chi connectivity index (χ0v) is 12.3. The maximum Gasteiger partial charge on any atom is 0.0545 e. The third kappa shape index (κ3) is 4.53. The topological polar surface area (TPSA) is 12.0 Å². The Morgan fingerprint density at radius 2 is 2.06 bits per heavy atom. The molecule has 0 amide bonds. The molecule has 1 aliphatic rings. The Bertz CT molecular complexity index is 394. The zero-order valence-electron chi connectivity index (χ0n) is 10.7. The van der Waals surface area contributed by atoms with Crippen molar-refractivity contribution in [3.05, 3.63) is 28.8 Å². The Balaban J connectivity index is 1.99. The van der Waals surface area contributed by atoms with Crippen molar-refractivity contribution in [3.63, 3.8) is 0 Å². The molecule has 1 aromatic rings. The van der Waals surface area contributed by atoms with Crippen molar-refractivity contribution < 1.29 is 0 Å². The van der Waals surface area contributed by atoms with E-state index in [1.54, 1.807) is 0 Å². The highest BCUT2D eigenvalue weighted by molar-refractivity contribution is 8.00. The number of nitrogens with one attached hydrogen (secondary N) is 1. The number of hydrogen-bond donors (Lipinski definition) is 1. The Kier molecular flexibility index (Phi) is 4.06. The van der Waals surface area contributed by atoms with Gasteiger partial charge in [0.05, 0.1) is 5.02 Å². The van der Waals surface area contributed by atoms with Crippen LogP contribution in [0.2, 0.25) is 5.02 Å². The molecule has 2 rings (SSSR count). The van der Waals surface area contributed by atoms with Gasteiger partial charge < -0.3 is 5.32 Å². The van der Waals surface area contributed by atoms with Crippen LogP contribution in [0.5, 0.6) is 0 Å². The van der Waals surface area contributed by atoms with Crippen molar-refractivity contribution in [2.45, 2.75) is 55.8 Å². The van der Waals surface area contributed by atoms with Gasteiger partial charge in [-0.2, -0.15) is 0 Å². The molecule has 3 heteroatoms. The second-order valence-corrected chi connectivity index (χ2v) is 7.91. The lowest BCUT2D eigenvalue weighted by Gasteiger charge is -2.18. The van der Waals surface area contributed by atoms with Gasteiger partial charge in [-0.1, -0.05) is 38.4 Å². The molecule has 0 saturated heterocycles. The minimum absolute atomic E-state index is 0.206. The average molecular weight is 270 g/mol. The quantitative estimate of drug-likeness (QED) is 0.809. The zero-order chi connectivity index (χ0) is 12.5. The van der Waals surface area contributed by atoms with Gasteiger partial charge in [0.25, 0.3) is 0 Å². The molecule has 1 nitrogen and oxygen atoms in total. The predicted octanol–water partition coefficient (Wildman–Crippen LogP) is 4.48. The van der Waals surface area contributed by atoms with E-state index >= 15 is 0 Å². The maximum atomic E-state index is 6.32. The van der Waals surface area contributed by atoms with Gasteiger partial charge in [0.2, 0.25) is 0 Å². The first kappa shape index (κ1) is 13.3. The van der Waals surface area contributed by atoms with Crippen LogP contribution in [-0.4, -0.2) is 10.8 Å². The fraction of sp³-hybridized carbons (Fsp3) is 0.571. The van der Waals surface area contributed by atoms with Gasteiger partial charge in [0.1, 0.15) is 0 Å². The van der Waals surface area contributed by atoms with Crippen LogP contribution in [0.15, 0.2) is 23.1 Å². The summed E-state index contributed by atoms with van der Waals surface area (Å²) in [7, 11) is 0. The molecule has 0 heterocycles. The third-order valence-electron chi connectivity index (χ3n) is 2.58. The Morgan fingerprint density at radius 1 is 1.35 bits per heavy atom. The minimum Gasteiger partial charge on any atom is -0.310 e. The average Bonchev–Trinajstić information content (AvgIpc) is 3.00. The van der Waals surface area contributed by atoms with Crippen molar-refractivity contribution in [2.75, 3.05) is 0 Å². The Hall–Kier alpha value is -0.180. The van der Waals surface area contributed by atoms with E-state index in [-0.39, 0.29) is 4.75 Å².